The highest BCUT2D eigenvalue weighted by Gasteiger charge is 2.31. The van der Waals surface area contributed by atoms with Crippen molar-refractivity contribution in [3.63, 3.8) is 0 Å². The van der Waals surface area contributed by atoms with Gasteiger partial charge in [0.25, 0.3) is 5.91 Å². The van der Waals surface area contributed by atoms with Crippen LogP contribution in [0.3, 0.4) is 0 Å². The molecule has 0 saturated carbocycles. The van der Waals surface area contributed by atoms with Gasteiger partial charge in [0.05, 0.1) is 0 Å². The zero-order valence-corrected chi connectivity index (χ0v) is 21.6. The largest absolute Gasteiger partial charge is 0.508 e. The van der Waals surface area contributed by atoms with Crippen molar-refractivity contribution in [3.8, 4) is 23.0 Å². The van der Waals surface area contributed by atoms with Crippen LogP contribution >= 0.6 is 15.9 Å². The quantitative estimate of drug-likeness (QED) is 0.140. The van der Waals surface area contributed by atoms with Crippen LogP contribution in [0.1, 0.15) is 24.5 Å². The Morgan fingerprint density at radius 3 is 2.63 bits per heavy atom. The molecule has 2 amide bonds. The summed E-state index contributed by atoms with van der Waals surface area (Å²) in [6.07, 6.45) is 0.741. The van der Waals surface area contributed by atoms with Gasteiger partial charge >= 0.3 is 6.09 Å². The molecule has 3 aromatic rings. The van der Waals surface area contributed by atoms with E-state index in [1.807, 2.05) is 6.07 Å². The van der Waals surface area contributed by atoms with E-state index in [2.05, 4.69) is 21.2 Å². The van der Waals surface area contributed by atoms with Crippen molar-refractivity contribution in [1.82, 2.24) is 5.48 Å². The molecule has 2 atom stereocenters. The third-order valence-electron chi connectivity index (χ3n) is 5.51. The number of ether oxygens (including phenoxy) is 4. The van der Waals surface area contributed by atoms with Crippen LogP contribution in [0.4, 0.5) is 10.5 Å². The number of anilines is 1. The minimum atomic E-state index is -1.05. The number of benzene rings is 3. The lowest BCUT2D eigenvalue weighted by Gasteiger charge is -2.28. The minimum Gasteiger partial charge on any atom is -0.508 e. The van der Waals surface area contributed by atoms with Crippen molar-refractivity contribution in [3.05, 3.63) is 88.9 Å². The number of hydroxylamine groups is 1. The molecule has 10 nitrogen and oxygen atoms in total. The van der Waals surface area contributed by atoms with Gasteiger partial charge in [-0.1, -0.05) is 40.2 Å². The van der Waals surface area contributed by atoms with Gasteiger partial charge in [-0.3, -0.25) is 15.3 Å². The van der Waals surface area contributed by atoms with E-state index in [0.29, 0.717) is 39.4 Å². The van der Waals surface area contributed by atoms with Gasteiger partial charge in [0.15, 0.2) is 17.6 Å². The monoisotopic (exact) mass is 584 g/mol. The summed E-state index contributed by atoms with van der Waals surface area (Å²) in [6, 6.07) is 18.7. The maximum Gasteiger partial charge on any atom is 0.412 e. The highest BCUT2D eigenvalue weighted by Crippen LogP contribution is 2.37. The lowest BCUT2D eigenvalue weighted by atomic mass is 9.99. The fourth-order valence-electron chi connectivity index (χ4n) is 3.76. The molecule has 0 bridgehead atoms. The number of halogens is 1. The fraction of sp³-hybridized carbons (Fsp3) is 0.185. The second kappa shape index (κ2) is 12.8. The van der Waals surface area contributed by atoms with E-state index in [-0.39, 0.29) is 19.0 Å². The Morgan fingerprint density at radius 2 is 1.84 bits per heavy atom. The second-order valence-electron chi connectivity index (χ2n) is 8.15. The lowest BCUT2D eigenvalue weighted by molar-refractivity contribution is -0.124. The predicted octanol–water partition coefficient (Wildman–Crippen LogP) is 5.46. The molecule has 0 unspecified atom stereocenters. The van der Waals surface area contributed by atoms with E-state index in [4.69, 9.17) is 24.2 Å². The van der Waals surface area contributed by atoms with Crippen LogP contribution in [0.15, 0.2) is 83.4 Å². The molecule has 0 fully saturated rings. The van der Waals surface area contributed by atoms with Gasteiger partial charge in [0.2, 0.25) is 6.79 Å². The maximum absolute atomic E-state index is 13.1. The number of fused-ring (bicyclic) bond motifs is 1. The van der Waals surface area contributed by atoms with E-state index in [9.17, 15) is 14.7 Å². The Labute approximate surface area is 226 Å². The molecule has 1 aliphatic heterocycles. The van der Waals surface area contributed by atoms with Crippen LogP contribution in [0.5, 0.6) is 23.0 Å². The molecular formula is C27H25BrN2O8. The highest BCUT2D eigenvalue weighted by molar-refractivity contribution is 9.10. The Hall–Kier alpha value is -4.22. The zero-order chi connectivity index (χ0) is 26.9. The molecule has 4 N–H and O–H groups in total. The van der Waals surface area contributed by atoms with Crippen molar-refractivity contribution in [2.24, 2.45) is 0 Å². The summed E-state index contributed by atoms with van der Waals surface area (Å²) in [5, 5.41) is 22.1. The molecule has 1 aliphatic rings. The summed E-state index contributed by atoms with van der Waals surface area (Å²) in [5.74, 6) is 0.818. The van der Waals surface area contributed by atoms with Gasteiger partial charge in [-0.25, -0.2) is 10.3 Å². The van der Waals surface area contributed by atoms with Gasteiger partial charge in [-0.05, 0) is 55.3 Å². The van der Waals surface area contributed by atoms with E-state index in [1.165, 1.54) is 17.6 Å². The van der Waals surface area contributed by atoms with Crippen LogP contribution in [0, 0.1) is 0 Å². The number of carbonyl (C=O) groups excluding carboxylic acids is 2. The number of allylic oxidation sites excluding steroid dienone is 1. The molecule has 3 aromatic carbocycles. The first-order valence-corrected chi connectivity index (χ1v) is 12.4. The molecule has 0 radical (unpaired) electrons. The van der Waals surface area contributed by atoms with Crippen molar-refractivity contribution in [2.75, 3.05) is 12.1 Å². The van der Waals surface area contributed by atoms with Crippen LogP contribution in [0.25, 0.3) is 0 Å². The average Bonchev–Trinajstić information content (AvgIpc) is 3.39. The third-order valence-corrected chi connectivity index (χ3v) is 6.01. The molecule has 0 spiro atoms. The highest BCUT2D eigenvalue weighted by atomic mass is 79.9. The third kappa shape index (κ3) is 7.17. The van der Waals surface area contributed by atoms with Crippen molar-refractivity contribution in [2.45, 2.75) is 25.0 Å². The first kappa shape index (κ1) is 26.8. The van der Waals surface area contributed by atoms with Crippen molar-refractivity contribution in [1.29, 1.82) is 0 Å². The topological polar surface area (TPSA) is 136 Å². The Bertz CT molecular complexity index is 1300. The summed E-state index contributed by atoms with van der Waals surface area (Å²) in [5.41, 5.74) is 2.27. The molecule has 11 heteroatoms. The summed E-state index contributed by atoms with van der Waals surface area (Å²) in [7, 11) is 0. The first-order valence-electron chi connectivity index (χ1n) is 11.6. The number of amides is 2. The smallest absolute Gasteiger partial charge is 0.412 e. The Kier molecular flexibility index (Phi) is 9.07. The van der Waals surface area contributed by atoms with E-state index in [1.54, 1.807) is 60.7 Å². The molecule has 1 heterocycles. The minimum absolute atomic E-state index is 0.0917. The normalized spacial score (nSPS) is 13.5. The summed E-state index contributed by atoms with van der Waals surface area (Å²) < 4.78 is 23.4. The summed E-state index contributed by atoms with van der Waals surface area (Å²) >= 11 is 3.40. The average molecular weight is 585 g/mol. The first-order chi connectivity index (χ1) is 18.4. The molecule has 0 aliphatic carbocycles. The van der Waals surface area contributed by atoms with E-state index < -0.39 is 24.2 Å². The van der Waals surface area contributed by atoms with Crippen LogP contribution in [0.2, 0.25) is 0 Å². The number of aromatic hydroxyl groups is 1. The number of phenolic OH excluding ortho intramolecular Hbond substituents is 1. The zero-order valence-electron chi connectivity index (χ0n) is 20.0. The molecule has 0 aromatic heterocycles. The van der Waals surface area contributed by atoms with E-state index >= 15 is 0 Å². The molecular weight excluding hydrogens is 560 g/mol. The van der Waals surface area contributed by atoms with Gasteiger partial charge < -0.3 is 24.1 Å². The predicted molar refractivity (Wildman–Crippen MR) is 140 cm³/mol. The Balaban J connectivity index is 1.61. The number of hydrogen-bond acceptors (Lipinski definition) is 8. The maximum atomic E-state index is 13.1. The molecule has 198 valence electrons. The van der Waals surface area contributed by atoms with Gasteiger partial charge in [-0.15, -0.1) is 0 Å². The molecule has 38 heavy (non-hydrogen) atoms. The SMILES string of the molecule is O=C(/C=C/CC[C@@H](Oc1ccccc1)[C@H](OC(=O)Nc1ccc2c(c1)OCO2)c1cc(Br)ccc1O)NO. The lowest BCUT2D eigenvalue weighted by Crippen LogP contribution is -2.31. The van der Waals surface area contributed by atoms with Crippen molar-refractivity contribution < 1.29 is 38.9 Å². The molecule has 4 rings (SSSR count). The van der Waals surface area contributed by atoms with Gasteiger partial charge in [0, 0.05) is 27.9 Å². The van der Waals surface area contributed by atoms with Gasteiger partial charge in [-0.2, -0.15) is 0 Å². The van der Waals surface area contributed by atoms with E-state index in [0.717, 1.165) is 0 Å². The molecule has 0 saturated heterocycles. The number of carbonyl (C=O) groups is 2. The second-order valence-corrected chi connectivity index (χ2v) is 9.06. The summed E-state index contributed by atoms with van der Waals surface area (Å²) in [6.45, 7) is 0.0976. The summed E-state index contributed by atoms with van der Waals surface area (Å²) in [4.78, 5) is 24.4. The number of hydrogen-bond donors (Lipinski definition) is 4. The van der Waals surface area contributed by atoms with Gasteiger partial charge in [0.1, 0.15) is 17.6 Å². The number of para-hydroxylation sites is 1. The number of rotatable bonds is 10. The standard InChI is InChI=1S/C27H25BrN2O8/c28-17-10-12-21(31)20(14-17)26(38-27(33)29-18-11-13-22-24(15-18)36-16-35-22)23(8-4-5-9-25(32)30-34)37-19-6-2-1-3-7-19/h1-3,5-7,9-15,23,26,31,34H,4,8,16H2,(H,29,33)(H,30,32)/b9-5+/t23-,26-/m1/s1. The van der Waals surface area contributed by atoms with Crippen molar-refractivity contribution >= 4 is 33.6 Å². The Morgan fingerprint density at radius 1 is 1.05 bits per heavy atom. The fourth-order valence-corrected chi connectivity index (χ4v) is 4.14. The number of phenols is 1. The van der Waals surface area contributed by atoms with Crippen LogP contribution < -0.4 is 25.0 Å². The number of nitrogens with one attached hydrogen (secondary N) is 2. The van der Waals surface area contributed by atoms with Crippen LogP contribution in [-0.4, -0.2) is 35.2 Å². The van der Waals surface area contributed by atoms with Crippen LogP contribution in [-0.2, 0) is 9.53 Å².